The molecule has 19 heavy (non-hydrogen) atoms. The summed E-state index contributed by atoms with van der Waals surface area (Å²) in [5.74, 6) is -0.265. The standard InChI is InChI=1S/C16H21NO2/c1-6-13-7-9-14(10-8-13)16(4,12(2)3)15(19)17(5)11-18/h7-11H,2,6H2,1,3-5H3. The molecule has 1 atom stereocenters. The van der Waals surface area contributed by atoms with E-state index in [1.54, 1.807) is 6.92 Å². The summed E-state index contributed by atoms with van der Waals surface area (Å²) in [5.41, 5.74) is 1.91. The van der Waals surface area contributed by atoms with E-state index in [4.69, 9.17) is 0 Å². The molecular formula is C16H21NO2. The number of benzene rings is 1. The highest BCUT2D eigenvalue weighted by atomic mass is 16.2. The lowest BCUT2D eigenvalue weighted by Crippen LogP contribution is -2.43. The average molecular weight is 259 g/mol. The first kappa shape index (κ1) is 15.2. The highest BCUT2D eigenvalue weighted by molar-refractivity contribution is 5.96. The van der Waals surface area contributed by atoms with Crippen LogP contribution in [0.3, 0.4) is 0 Å². The smallest absolute Gasteiger partial charge is 0.243 e. The monoisotopic (exact) mass is 259 g/mol. The number of hydrogen-bond acceptors (Lipinski definition) is 2. The third-order valence-corrected chi connectivity index (χ3v) is 3.70. The van der Waals surface area contributed by atoms with Crippen LogP contribution in [0.25, 0.3) is 0 Å². The zero-order valence-electron chi connectivity index (χ0n) is 12.1. The van der Waals surface area contributed by atoms with Gasteiger partial charge in [0, 0.05) is 7.05 Å². The number of hydrogen-bond donors (Lipinski definition) is 0. The molecule has 0 aromatic heterocycles. The van der Waals surface area contributed by atoms with E-state index in [-0.39, 0.29) is 5.91 Å². The molecular weight excluding hydrogens is 238 g/mol. The van der Waals surface area contributed by atoms with Crippen molar-refractivity contribution < 1.29 is 9.59 Å². The molecule has 3 nitrogen and oxygen atoms in total. The Balaban J connectivity index is 3.29. The van der Waals surface area contributed by atoms with Gasteiger partial charge in [0.25, 0.3) is 0 Å². The second-order valence-electron chi connectivity index (χ2n) is 4.98. The normalized spacial score (nSPS) is 13.5. The summed E-state index contributed by atoms with van der Waals surface area (Å²) in [7, 11) is 1.47. The summed E-state index contributed by atoms with van der Waals surface area (Å²) in [4.78, 5) is 24.3. The van der Waals surface area contributed by atoms with Crippen molar-refractivity contribution in [3.8, 4) is 0 Å². The summed E-state index contributed by atoms with van der Waals surface area (Å²) in [6.45, 7) is 9.62. The summed E-state index contributed by atoms with van der Waals surface area (Å²) in [6, 6.07) is 7.88. The van der Waals surface area contributed by atoms with Gasteiger partial charge < -0.3 is 0 Å². The minimum absolute atomic E-state index is 0.265. The molecule has 2 amide bonds. The first-order valence-electron chi connectivity index (χ1n) is 6.35. The van der Waals surface area contributed by atoms with Gasteiger partial charge in [-0.3, -0.25) is 14.5 Å². The van der Waals surface area contributed by atoms with Gasteiger partial charge in [-0.15, -0.1) is 0 Å². The van der Waals surface area contributed by atoms with Gasteiger partial charge in [0.05, 0.1) is 5.41 Å². The Morgan fingerprint density at radius 2 is 1.89 bits per heavy atom. The molecule has 0 aliphatic rings. The van der Waals surface area contributed by atoms with Gasteiger partial charge >= 0.3 is 0 Å². The van der Waals surface area contributed by atoms with E-state index in [1.165, 1.54) is 12.6 Å². The van der Waals surface area contributed by atoms with E-state index in [0.29, 0.717) is 6.41 Å². The first-order valence-corrected chi connectivity index (χ1v) is 6.35. The summed E-state index contributed by atoms with van der Waals surface area (Å²) >= 11 is 0. The van der Waals surface area contributed by atoms with E-state index in [0.717, 1.165) is 22.5 Å². The zero-order valence-corrected chi connectivity index (χ0v) is 12.1. The van der Waals surface area contributed by atoms with E-state index in [1.807, 2.05) is 31.2 Å². The Labute approximate surface area is 114 Å². The average Bonchev–Trinajstić information content (AvgIpc) is 2.44. The number of carbonyl (C=O) groups is 2. The van der Waals surface area contributed by atoms with Gasteiger partial charge in [-0.1, -0.05) is 43.3 Å². The van der Waals surface area contributed by atoms with Gasteiger partial charge in [-0.05, 0) is 31.4 Å². The van der Waals surface area contributed by atoms with Crippen molar-refractivity contribution in [2.45, 2.75) is 32.6 Å². The van der Waals surface area contributed by atoms with Crippen LogP contribution in [-0.4, -0.2) is 24.3 Å². The molecule has 1 rings (SSSR count). The SMILES string of the molecule is C=C(C)C(C)(C(=O)N(C)C=O)c1ccc(CC)cc1. The quantitative estimate of drug-likeness (QED) is 0.602. The minimum atomic E-state index is -0.873. The predicted molar refractivity (Wildman–Crippen MR) is 76.8 cm³/mol. The Hall–Kier alpha value is -1.90. The first-order chi connectivity index (χ1) is 8.87. The van der Waals surface area contributed by atoms with Crippen molar-refractivity contribution in [3.05, 3.63) is 47.5 Å². The maximum absolute atomic E-state index is 12.4. The van der Waals surface area contributed by atoms with Crippen LogP contribution in [0.1, 0.15) is 31.9 Å². The van der Waals surface area contributed by atoms with E-state index in [9.17, 15) is 9.59 Å². The molecule has 1 unspecified atom stereocenters. The highest BCUT2D eigenvalue weighted by Crippen LogP contribution is 2.32. The number of likely N-dealkylation sites (N-methyl/N-ethyl adjacent to an activating group) is 1. The Morgan fingerprint density at radius 1 is 1.37 bits per heavy atom. The topological polar surface area (TPSA) is 37.4 Å². The number of imide groups is 1. The molecule has 0 aliphatic heterocycles. The maximum atomic E-state index is 12.4. The summed E-state index contributed by atoms with van der Waals surface area (Å²) in [6.07, 6.45) is 1.48. The van der Waals surface area contributed by atoms with Crippen molar-refractivity contribution in [2.75, 3.05) is 7.05 Å². The lowest BCUT2D eigenvalue weighted by molar-refractivity contribution is -0.139. The van der Waals surface area contributed by atoms with Crippen molar-refractivity contribution in [1.82, 2.24) is 4.90 Å². The van der Waals surface area contributed by atoms with Crippen molar-refractivity contribution in [3.63, 3.8) is 0 Å². The van der Waals surface area contributed by atoms with Crippen molar-refractivity contribution in [1.29, 1.82) is 0 Å². The highest BCUT2D eigenvalue weighted by Gasteiger charge is 2.38. The minimum Gasteiger partial charge on any atom is -0.287 e. The van der Waals surface area contributed by atoms with Crippen LogP contribution >= 0.6 is 0 Å². The van der Waals surface area contributed by atoms with Gasteiger partial charge in [-0.25, -0.2) is 0 Å². The predicted octanol–water partition coefficient (Wildman–Crippen LogP) is 2.70. The second kappa shape index (κ2) is 5.83. The molecule has 3 heteroatoms. The van der Waals surface area contributed by atoms with Crippen LogP contribution < -0.4 is 0 Å². The molecule has 0 N–H and O–H groups in total. The van der Waals surface area contributed by atoms with E-state index >= 15 is 0 Å². The zero-order chi connectivity index (χ0) is 14.6. The number of carbonyl (C=O) groups excluding carboxylic acids is 2. The van der Waals surface area contributed by atoms with Gasteiger partial charge in [0.15, 0.2) is 0 Å². The van der Waals surface area contributed by atoms with Crippen LogP contribution in [0.5, 0.6) is 0 Å². The molecule has 1 aromatic rings. The molecule has 0 radical (unpaired) electrons. The number of nitrogens with zero attached hydrogens (tertiary/aromatic N) is 1. The molecule has 0 bridgehead atoms. The second-order valence-corrected chi connectivity index (χ2v) is 4.98. The molecule has 1 aromatic carbocycles. The third kappa shape index (κ3) is 2.75. The van der Waals surface area contributed by atoms with Crippen LogP contribution in [0.4, 0.5) is 0 Å². The van der Waals surface area contributed by atoms with E-state index in [2.05, 4.69) is 13.5 Å². The van der Waals surface area contributed by atoms with Gasteiger partial charge in [-0.2, -0.15) is 0 Å². The number of rotatable bonds is 5. The number of amides is 2. The number of aryl methyl sites for hydroxylation is 1. The fourth-order valence-corrected chi connectivity index (χ4v) is 2.03. The molecule has 102 valence electrons. The molecule has 0 heterocycles. The van der Waals surface area contributed by atoms with Crippen LogP contribution in [-0.2, 0) is 21.4 Å². The van der Waals surface area contributed by atoms with Gasteiger partial charge in [0.1, 0.15) is 0 Å². The molecule has 0 fully saturated rings. The van der Waals surface area contributed by atoms with E-state index < -0.39 is 5.41 Å². The van der Waals surface area contributed by atoms with Crippen LogP contribution in [0.15, 0.2) is 36.4 Å². The molecule has 0 saturated carbocycles. The third-order valence-electron chi connectivity index (χ3n) is 3.70. The van der Waals surface area contributed by atoms with Crippen LogP contribution in [0, 0.1) is 0 Å². The van der Waals surface area contributed by atoms with Crippen molar-refractivity contribution in [2.24, 2.45) is 0 Å². The Morgan fingerprint density at radius 3 is 2.26 bits per heavy atom. The lowest BCUT2D eigenvalue weighted by atomic mass is 9.75. The summed E-state index contributed by atoms with van der Waals surface area (Å²) in [5, 5.41) is 0. The molecule has 0 saturated heterocycles. The Kier molecular flexibility index (Phi) is 4.65. The fraction of sp³-hybridized carbons (Fsp3) is 0.375. The molecule has 0 aliphatic carbocycles. The maximum Gasteiger partial charge on any atom is 0.243 e. The summed E-state index contributed by atoms with van der Waals surface area (Å²) < 4.78 is 0. The fourth-order valence-electron chi connectivity index (χ4n) is 2.03. The van der Waals surface area contributed by atoms with Crippen LogP contribution in [0.2, 0.25) is 0 Å². The van der Waals surface area contributed by atoms with Gasteiger partial charge in [0.2, 0.25) is 12.3 Å². The molecule has 0 spiro atoms. The Bertz CT molecular complexity index is 490. The largest absolute Gasteiger partial charge is 0.287 e. The van der Waals surface area contributed by atoms with Crippen molar-refractivity contribution >= 4 is 12.3 Å². The lowest BCUT2D eigenvalue weighted by Gasteiger charge is -2.31.